The Labute approximate surface area is 139 Å². The molecule has 24 heavy (non-hydrogen) atoms. The second kappa shape index (κ2) is 5.27. The lowest BCUT2D eigenvalue weighted by atomic mass is 10.2. The van der Waals surface area contributed by atoms with E-state index in [1.54, 1.807) is 14.0 Å². The number of benzene rings is 1. The maximum Gasteiger partial charge on any atom is 0.279 e. The second-order valence-corrected chi connectivity index (χ2v) is 6.41. The molecule has 0 saturated heterocycles. The molecule has 0 bridgehead atoms. The van der Waals surface area contributed by atoms with E-state index in [9.17, 15) is 9.59 Å². The van der Waals surface area contributed by atoms with E-state index in [1.807, 2.05) is 30.3 Å². The summed E-state index contributed by atoms with van der Waals surface area (Å²) in [5.74, 6) is 0. The van der Waals surface area contributed by atoms with Gasteiger partial charge in [0.15, 0.2) is 5.01 Å². The van der Waals surface area contributed by atoms with Crippen LogP contribution in [0.5, 0.6) is 0 Å². The molecule has 0 radical (unpaired) electrons. The maximum absolute atomic E-state index is 12.6. The van der Waals surface area contributed by atoms with Crippen molar-refractivity contribution in [3.8, 4) is 21.1 Å². The lowest BCUT2D eigenvalue weighted by Gasteiger charge is -1.99. The van der Waals surface area contributed by atoms with E-state index in [-0.39, 0.29) is 11.1 Å². The Morgan fingerprint density at radius 2 is 1.79 bits per heavy atom. The summed E-state index contributed by atoms with van der Waals surface area (Å²) < 4.78 is 2.60. The minimum atomic E-state index is -0.287. The van der Waals surface area contributed by atoms with Crippen molar-refractivity contribution in [3.63, 3.8) is 0 Å². The molecule has 0 fully saturated rings. The quantitative estimate of drug-likeness (QED) is 0.604. The molecule has 0 unspecified atom stereocenters. The van der Waals surface area contributed by atoms with Gasteiger partial charge in [-0.05, 0) is 6.92 Å². The molecule has 0 amide bonds. The number of aryl methyl sites for hydroxylation is 2. The number of nitrogens with zero attached hydrogens (tertiary/aromatic N) is 4. The van der Waals surface area contributed by atoms with Crippen LogP contribution in [0.3, 0.4) is 0 Å². The van der Waals surface area contributed by atoms with E-state index < -0.39 is 0 Å². The number of aromatic amines is 1. The molecule has 8 heteroatoms. The van der Waals surface area contributed by atoms with E-state index in [2.05, 4.69) is 15.2 Å². The molecule has 7 nitrogen and oxygen atoms in total. The van der Waals surface area contributed by atoms with Crippen molar-refractivity contribution >= 4 is 17.0 Å². The summed E-state index contributed by atoms with van der Waals surface area (Å²) in [6.07, 6.45) is 0. The highest BCUT2D eigenvalue weighted by Gasteiger charge is 2.21. The normalized spacial score (nSPS) is 11.2. The first-order valence-electron chi connectivity index (χ1n) is 7.27. The van der Waals surface area contributed by atoms with Gasteiger partial charge in [0.1, 0.15) is 16.2 Å². The third kappa shape index (κ3) is 2.11. The van der Waals surface area contributed by atoms with Gasteiger partial charge in [0.05, 0.1) is 0 Å². The SMILES string of the molecule is Cc1cc(=O)n2c([nH]1)c(-c1nnc(-c3ccccc3)s1)c(=O)n2C. The van der Waals surface area contributed by atoms with E-state index in [4.69, 9.17) is 0 Å². The molecular weight excluding hydrogens is 326 g/mol. The molecule has 4 aromatic rings. The van der Waals surface area contributed by atoms with Crippen molar-refractivity contribution in [2.45, 2.75) is 6.92 Å². The number of hydrogen-bond acceptors (Lipinski definition) is 5. The minimum Gasteiger partial charge on any atom is -0.343 e. The molecule has 0 saturated carbocycles. The summed E-state index contributed by atoms with van der Waals surface area (Å²) in [6.45, 7) is 1.78. The summed E-state index contributed by atoms with van der Waals surface area (Å²) in [7, 11) is 1.56. The molecule has 3 aromatic heterocycles. The Morgan fingerprint density at radius 1 is 1.08 bits per heavy atom. The number of H-pyrrole nitrogens is 1. The smallest absolute Gasteiger partial charge is 0.279 e. The van der Waals surface area contributed by atoms with Crippen molar-refractivity contribution in [1.82, 2.24) is 24.4 Å². The predicted octanol–water partition coefficient (Wildman–Crippen LogP) is 1.82. The molecule has 0 aliphatic heterocycles. The molecule has 0 spiro atoms. The maximum atomic E-state index is 12.6. The molecule has 1 aromatic carbocycles. The van der Waals surface area contributed by atoms with Gasteiger partial charge in [0, 0.05) is 24.4 Å². The Bertz CT molecular complexity index is 1170. The summed E-state index contributed by atoms with van der Waals surface area (Å²) in [6, 6.07) is 11.1. The van der Waals surface area contributed by atoms with Crippen LogP contribution in [0.4, 0.5) is 0 Å². The zero-order chi connectivity index (χ0) is 16.8. The number of hydrogen-bond donors (Lipinski definition) is 1. The van der Waals surface area contributed by atoms with Gasteiger partial charge in [-0.3, -0.25) is 9.59 Å². The standard InChI is InChI=1S/C16H13N5O2S/c1-9-8-11(22)21-13(17-9)12(16(23)20(21)2)15-19-18-14(24-15)10-6-4-3-5-7-10/h3-8,17H,1-2H3. The largest absolute Gasteiger partial charge is 0.343 e. The Kier molecular flexibility index (Phi) is 3.20. The molecule has 0 aliphatic carbocycles. The monoisotopic (exact) mass is 339 g/mol. The third-order valence-corrected chi connectivity index (χ3v) is 4.77. The predicted molar refractivity (Wildman–Crippen MR) is 92.3 cm³/mol. The van der Waals surface area contributed by atoms with Gasteiger partial charge in [-0.1, -0.05) is 41.7 Å². The van der Waals surface area contributed by atoms with Crippen LogP contribution in [0.25, 0.3) is 26.8 Å². The number of nitrogens with one attached hydrogen (secondary N) is 1. The van der Waals surface area contributed by atoms with E-state index in [0.717, 1.165) is 10.6 Å². The summed E-state index contributed by atoms with van der Waals surface area (Å²) >= 11 is 1.32. The summed E-state index contributed by atoms with van der Waals surface area (Å²) in [5.41, 5.74) is 1.86. The van der Waals surface area contributed by atoms with E-state index in [1.165, 1.54) is 26.6 Å². The zero-order valence-corrected chi connectivity index (χ0v) is 13.8. The fourth-order valence-electron chi connectivity index (χ4n) is 2.67. The lowest BCUT2D eigenvalue weighted by molar-refractivity contribution is 0.658. The van der Waals surface area contributed by atoms with Gasteiger partial charge in [-0.15, -0.1) is 10.2 Å². The first kappa shape index (κ1) is 14.6. The lowest BCUT2D eigenvalue weighted by Crippen LogP contribution is -2.24. The van der Waals surface area contributed by atoms with Crippen molar-refractivity contribution in [2.75, 3.05) is 0 Å². The van der Waals surface area contributed by atoms with E-state index in [0.29, 0.717) is 21.9 Å². The van der Waals surface area contributed by atoms with E-state index >= 15 is 0 Å². The molecular formula is C16H13N5O2S. The molecule has 3 heterocycles. The van der Waals surface area contributed by atoms with Crippen LogP contribution in [0, 0.1) is 6.92 Å². The Balaban J connectivity index is 1.98. The summed E-state index contributed by atoms with van der Waals surface area (Å²) in [4.78, 5) is 27.9. The van der Waals surface area contributed by atoms with Gasteiger partial charge in [0.25, 0.3) is 11.1 Å². The van der Waals surface area contributed by atoms with Crippen molar-refractivity contribution in [3.05, 3.63) is 62.8 Å². The number of aromatic nitrogens is 5. The topological polar surface area (TPSA) is 85.1 Å². The number of rotatable bonds is 2. The fraction of sp³-hybridized carbons (Fsp3) is 0.125. The first-order chi connectivity index (χ1) is 11.6. The van der Waals surface area contributed by atoms with Crippen LogP contribution in [-0.2, 0) is 7.05 Å². The molecule has 1 N–H and O–H groups in total. The van der Waals surface area contributed by atoms with Crippen molar-refractivity contribution in [1.29, 1.82) is 0 Å². The first-order valence-corrected chi connectivity index (χ1v) is 8.09. The molecule has 120 valence electrons. The molecule has 0 aliphatic rings. The molecule has 4 rings (SSSR count). The average Bonchev–Trinajstić information content (AvgIpc) is 3.12. The highest BCUT2D eigenvalue weighted by molar-refractivity contribution is 7.18. The minimum absolute atomic E-state index is 0.264. The Morgan fingerprint density at radius 3 is 2.54 bits per heavy atom. The van der Waals surface area contributed by atoms with Crippen LogP contribution in [-0.4, -0.2) is 24.4 Å². The van der Waals surface area contributed by atoms with Crippen LogP contribution >= 0.6 is 11.3 Å². The van der Waals surface area contributed by atoms with Gasteiger partial charge in [-0.2, -0.15) is 4.52 Å². The van der Waals surface area contributed by atoms with Crippen LogP contribution < -0.4 is 11.1 Å². The molecule has 0 atom stereocenters. The van der Waals surface area contributed by atoms with Crippen LogP contribution in [0.15, 0.2) is 46.0 Å². The van der Waals surface area contributed by atoms with Gasteiger partial charge < -0.3 is 4.98 Å². The number of fused-ring (bicyclic) bond motifs is 1. The highest BCUT2D eigenvalue weighted by Crippen LogP contribution is 2.29. The van der Waals surface area contributed by atoms with Gasteiger partial charge in [0.2, 0.25) is 0 Å². The highest BCUT2D eigenvalue weighted by atomic mass is 32.1. The zero-order valence-electron chi connectivity index (χ0n) is 13.0. The van der Waals surface area contributed by atoms with Crippen LogP contribution in [0.2, 0.25) is 0 Å². The summed E-state index contributed by atoms with van der Waals surface area (Å²) in [5, 5.41) is 9.56. The second-order valence-electron chi connectivity index (χ2n) is 5.43. The average molecular weight is 339 g/mol. The van der Waals surface area contributed by atoms with Crippen molar-refractivity contribution in [2.24, 2.45) is 7.05 Å². The fourth-order valence-corrected chi connectivity index (χ4v) is 3.55. The third-order valence-electron chi connectivity index (χ3n) is 3.78. The van der Waals surface area contributed by atoms with Crippen molar-refractivity contribution < 1.29 is 0 Å². The van der Waals surface area contributed by atoms with Gasteiger partial charge in [-0.25, -0.2) is 4.68 Å². The van der Waals surface area contributed by atoms with Gasteiger partial charge >= 0.3 is 0 Å². The van der Waals surface area contributed by atoms with Crippen LogP contribution in [0.1, 0.15) is 5.69 Å². The Hall–Kier alpha value is -3.00.